The average molecular weight is 328 g/mol. The third-order valence-electron chi connectivity index (χ3n) is 3.36. The molecular weight excluding hydrogens is 304 g/mol. The molecule has 1 heterocycles. The van der Waals surface area contributed by atoms with Crippen molar-refractivity contribution in [2.75, 3.05) is 19.6 Å². The summed E-state index contributed by atoms with van der Waals surface area (Å²) in [7, 11) is 0. The maximum atomic E-state index is 12.1. The van der Waals surface area contributed by atoms with E-state index in [9.17, 15) is 19.5 Å². The summed E-state index contributed by atoms with van der Waals surface area (Å²) in [6.07, 6.45) is 1.09. The Hall–Kier alpha value is -2.20. The number of carbonyl (C=O) groups is 3. The molecule has 0 aromatic carbocycles. The van der Waals surface area contributed by atoms with Gasteiger partial charge in [0.15, 0.2) is 5.96 Å². The van der Waals surface area contributed by atoms with Gasteiger partial charge in [0.2, 0.25) is 11.8 Å². The second kappa shape index (κ2) is 9.74. The Balaban J connectivity index is 2.55. The number of aliphatic imine (C=N–C) groups is 1. The largest absolute Gasteiger partial charge is 0.392 e. The number of β-amino-alcohol motifs (C(OH)–C–C–N with tert-alkyl or cyclic N) is 1. The van der Waals surface area contributed by atoms with E-state index in [1.165, 1.54) is 0 Å². The van der Waals surface area contributed by atoms with Crippen molar-refractivity contribution in [3.8, 4) is 0 Å². The lowest BCUT2D eigenvalue weighted by atomic mass is 10.1. The van der Waals surface area contributed by atoms with Gasteiger partial charge in [-0.3, -0.25) is 14.6 Å². The van der Waals surface area contributed by atoms with Gasteiger partial charge in [-0.2, -0.15) is 0 Å². The smallest absolute Gasteiger partial charge is 0.242 e. The van der Waals surface area contributed by atoms with Crippen molar-refractivity contribution in [1.29, 1.82) is 0 Å². The van der Waals surface area contributed by atoms with E-state index >= 15 is 0 Å². The van der Waals surface area contributed by atoms with Crippen LogP contribution in [-0.4, -0.2) is 67.0 Å². The molecule has 8 N–H and O–H groups in total. The molecule has 1 aliphatic rings. The van der Waals surface area contributed by atoms with Crippen molar-refractivity contribution >= 4 is 24.1 Å². The highest BCUT2D eigenvalue weighted by Gasteiger charge is 2.30. The number of amides is 2. The summed E-state index contributed by atoms with van der Waals surface area (Å²) in [6.45, 7) is 0.542. The Morgan fingerprint density at radius 3 is 2.74 bits per heavy atom. The highest BCUT2D eigenvalue weighted by atomic mass is 16.3. The Bertz CT molecular complexity index is 452. The van der Waals surface area contributed by atoms with Gasteiger partial charge in [0.05, 0.1) is 18.7 Å². The summed E-state index contributed by atoms with van der Waals surface area (Å²) >= 11 is 0. The fourth-order valence-corrected chi connectivity index (χ4v) is 2.23. The van der Waals surface area contributed by atoms with Crippen LogP contribution in [0.3, 0.4) is 0 Å². The molecule has 3 atom stereocenters. The first-order valence-electron chi connectivity index (χ1n) is 7.42. The van der Waals surface area contributed by atoms with Crippen LogP contribution in [0.15, 0.2) is 4.99 Å². The average Bonchev–Trinajstić information content (AvgIpc) is 2.94. The summed E-state index contributed by atoms with van der Waals surface area (Å²) in [5.74, 6) is -0.858. The van der Waals surface area contributed by atoms with Crippen LogP contribution in [0.25, 0.3) is 0 Å². The zero-order valence-corrected chi connectivity index (χ0v) is 12.8. The van der Waals surface area contributed by atoms with Crippen LogP contribution in [0.5, 0.6) is 0 Å². The summed E-state index contributed by atoms with van der Waals surface area (Å²) in [5, 5.41) is 17.3. The van der Waals surface area contributed by atoms with Crippen LogP contribution in [0.2, 0.25) is 0 Å². The van der Waals surface area contributed by atoms with Crippen molar-refractivity contribution in [2.24, 2.45) is 16.5 Å². The minimum Gasteiger partial charge on any atom is -0.392 e. The Kier molecular flexibility index (Phi) is 7.98. The van der Waals surface area contributed by atoms with Gasteiger partial charge in [-0.25, -0.2) is 0 Å². The van der Waals surface area contributed by atoms with E-state index in [0.717, 1.165) is 0 Å². The molecule has 0 aromatic heterocycles. The number of aliphatic hydroxyl groups is 1. The first-order chi connectivity index (χ1) is 10.9. The molecule has 0 radical (unpaired) electrons. The maximum absolute atomic E-state index is 12.1. The summed E-state index contributed by atoms with van der Waals surface area (Å²) in [6, 6.07) is -1.33. The van der Waals surface area contributed by atoms with E-state index in [1.54, 1.807) is 0 Å². The predicted octanol–water partition coefficient (Wildman–Crippen LogP) is -3.44. The fraction of sp³-hybridized carbons (Fsp3) is 0.692. The second-order valence-corrected chi connectivity index (χ2v) is 5.27. The van der Waals surface area contributed by atoms with Gasteiger partial charge in [0.25, 0.3) is 0 Å². The van der Waals surface area contributed by atoms with Crippen LogP contribution >= 0.6 is 0 Å². The molecule has 0 saturated carbocycles. The van der Waals surface area contributed by atoms with Gasteiger partial charge < -0.3 is 37.3 Å². The number of aldehydes is 1. The lowest BCUT2D eigenvalue weighted by Gasteiger charge is -2.20. The Morgan fingerprint density at radius 2 is 2.17 bits per heavy atom. The molecule has 23 heavy (non-hydrogen) atoms. The molecule has 1 unspecified atom stereocenters. The number of hydrogen-bond acceptors (Lipinski definition) is 6. The van der Waals surface area contributed by atoms with Crippen molar-refractivity contribution in [3.63, 3.8) is 0 Å². The van der Waals surface area contributed by atoms with Gasteiger partial charge in [0.1, 0.15) is 12.3 Å². The molecule has 130 valence electrons. The molecule has 2 amide bonds. The van der Waals surface area contributed by atoms with Crippen LogP contribution in [0, 0.1) is 0 Å². The van der Waals surface area contributed by atoms with E-state index in [-0.39, 0.29) is 18.4 Å². The standard InChI is InChI=1S/C13H24N6O4/c14-13(15)17-3-1-2-9(11(22)16-4-5-20)19-12(23)10-6-8(21)7-18-10/h5,8-10,18,21H,1-4,6-7H2,(H,16,22)(H,19,23)(H4,14,15,17)/t8?,9-,10-/m0/s1. The minimum absolute atomic E-state index is 0.0415. The van der Waals surface area contributed by atoms with Gasteiger partial charge in [-0.05, 0) is 19.3 Å². The second-order valence-electron chi connectivity index (χ2n) is 5.27. The number of nitrogens with two attached hydrogens (primary N) is 2. The maximum Gasteiger partial charge on any atom is 0.242 e. The molecule has 1 saturated heterocycles. The van der Waals surface area contributed by atoms with E-state index in [4.69, 9.17) is 11.5 Å². The highest BCUT2D eigenvalue weighted by molar-refractivity contribution is 5.90. The molecule has 0 aliphatic carbocycles. The molecular formula is C13H24N6O4. The predicted molar refractivity (Wildman–Crippen MR) is 83.3 cm³/mol. The number of guanidine groups is 1. The molecule has 0 aromatic rings. The summed E-state index contributed by atoms with van der Waals surface area (Å²) < 4.78 is 0. The van der Waals surface area contributed by atoms with Gasteiger partial charge in [-0.1, -0.05) is 0 Å². The number of nitrogens with zero attached hydrogens (tertiary/aromatic N) is 1. The molecule has 0 spiro atoms. The topological polar surface area (TPSA) is 172 Å². The van der Waals surface area contributed by atoms with Gasteiger partial charge in [0, 0.05) is 13.1 Å². The van der Waals surface area contributed by atoms with Crippen LogP contribution in [-0.2, 0) is 14.4 Å². The number of hydrogen-bond donors (Lipinski definition) is 6. The van der Waals surface area contributed by atoms with Crippen molar-refractivity contribution in [2.45, 2.75) is 37.5 Å². The number of rotatable bonds is 9. The van der Waals surface area contributed by atoms with E-state index in [0.29, 0.717) is 38.6 Å². The van der Waals surface area contributed by atoms with E-state index in [2.05, 4.69) is 20.9 Å². The third-order valence-corrected chi connectivity index (χ3v) is 3.36. The number of carbonyl (C=O) groups excluding carboxylic acids is 3. The zero-order chi connectivity index (χ0) is 17.2. The molecule has 10 nitrogen and oxygen atoms in total. The highest BCUT2D eigenvalue weighted by Crippen LogP contribution is 2.07. The zero-order valence-electron chi connectivity index (χ0n) is 12.8. The Labute approximate surface area is 134 Å². The number of aliphatic hydroxyl groups excluding tert-OH is 1. The van der Waals surface area contributed by atoms with Crippen molar-refractivity contribution < 1.29 is 19.5 Å². The lowest BCUT2D eigenvalue weighted by molar-refractivity contribution is -0.130. The van der Waals surface area contributed by atoms with Crippen LogP contribution < -0.4 is 27.4 Å². The first-order valence-corrected chi connectivity index (χ1v) is 7.42. The van der Waals surface area contributed by atoms with Crippen LogP contribution in [0.1, 0.15) is 19.3 Å². The normalized spacial score (nSPS) is 21.3. The first kappa shape index (κ1) is 18.8. The molecule has 1 rings (SSSR count). The van der Waals surface area contributed by atoms with Gasteiger partial charge in [-0.15, -0.1) is 0 Å². The Morgan fingerprint density at radius 1 is 1.43 bits per heavy atom. The van der Waals surface area contributed by atoms with E-state index < -0.39 is 24.1 Å². The van der Waals surface area contributed by atoms with Crippen molar-refractivity contribution in [1.82, 2.24) is 16.0 Å². The number of nitrogens with one attached hydrogen (secondary N) is 3. The SMILES string of the molecule is NC(N)=NCCC[C@H](NC(=O)[C@@H]1CC(O)CN1)C(=O)NCC=O. The third kappa shape index (κ3) is 7.06. The summed E-state index contributed by atoms with van der Waals surface area (Å²) in [4.78, 5) is 38.3. The minimum atomic E-state index is -0.795. The van der Waals surface area contributed by atoms with Crippen LogP contribution in [0.4, 0.5) is 0 Å². The quantitative estimate of drug-likeness (QED) is 0.111. The van der Waals surface area contributed by atoms with Crippen molar-refractivity contribution in [3.05, 3.63) is 0 Å². The summed E-state index contributed by atoms with van der Waals surface area (Å²) in [5.41, 5.74) is 10.4. The van der Waals surface area contributed by atoms with E-state index in [1.807, 2.05) is 0 Å². The lowest BCUT2D eigenvalue weighted by Crippen LogP contribution is -2.51. The monoisotopic (exact) mass is 328 g/mol. The molecule has 1 fully saturated rings. The molecule has 10 heteroatoms. The molecule has 0 bridgehead atoms. The fourth-order valence-electron chi connectivity index (χ4n) is 2.23. The van der Waals surface area contributed by atoms with Gasteiger partial charge >= 0.3 is 0 Å². The molecule has 1 aliphatic heterocycles.